The van der Waals surface area contributed by atoms with E-state index in [4.69, 9.17) is 28.9 Å². The van der Waals surface area contributed by atoms with Gasteiger partial charge in [-0.3, -0.25) is 0 Å². The summed E-state index contributed by atoms with van der Waals surface area (Å²) in [5.41, 5.74) is -1.75. The van der Waals surface area contributed by atoms with Crippen molar-refractivity contribution < 1.29 is 9.26 Å². The third kappa shape index (κ3) is 2.07. The van der Waals surface area contributed by atoms with Gasteiger partial charge in [-0.05, 0) is 19.0 Å². The number of hydrogen-bond acceptors (Lipinski definition) is 4. The van der Waals surface area contributed by atoms with Crippen LogP contribution >= 0.6 is 16.8 Å². The zero-order valence-corrected chi connectivity index (χ0v) is 11.0. The second-order valence-corrected chi connectivity index (χ2v) is 12.2. The molecule has 2 nitrogen and oxygen atoms in total. The SMILES string of the molecule is [B][C@H]1CC(C)[C@]2(COP(C)(=S)SC2)O1. The van der Waals surface area contributed by atoms with Gasteiger partial charge in [-0.1, -0.05) is 30.1 Å². The topological polar surface area (TPSA) is 18.5 Å². The molecule has 2 aliphatic rings. The largest absolute Gasteiger partial charge is 0.378 e. The molecule has 0 aromatic carbocycles. The zero-order chi connectivity index (χ0) is 10.4. The monoisotopic (exact) mass is 248 g/mol. The summed E-state index contributed by atoms with van der Waals surface area (Å²) in [5, 5.41) is 0. The van der Waals surface area contributed by atoms with Gasteiger partial charge in [-0.15, -0.1) is 0 Å². The predicted molar refractivity (Wildman–Crippen MR) is 65.8 cm³/mol. The molecule has 78 valence electrons. The molecule has 2 unspecified atom stereocenters. The van der Waals surface area contributed by atoms with Gasteiger partial charge in [-0.25, -0.2) is 0 Å². The van der Waals surface area contributed by atoms with Gasteiger partial charge in [0.2, 0.25) is 0 Å². The van der Waals surface area contributed by atoms with Crippen molar-refractivity contribution in [2.24, 2.45) is 5.92 Å². The highest BCUT2D eigenvalue weighted by Crippen LogP contribution is 2.62. The Morgan fingerprint density at radius 3 is 2.79 bits per heavy atom. The van der Waals surface area contributed by atoms with E-state index in [2.05, 4.69) is 6.92 Å². The minimum absolute atomic E-state index is 0.123. The van der Waals surface area contributed by atoms with E-state index in [1.54, 1.807) is 11.4 Å². The van der Waals surface area contributed by atoms with E-state index in [1.807, 2.05) is 6.66 Å². The fourth-order valence-electron chi connectivity index (χ4n) is 1.91. The lowest BCUT2D eigenvalue weighted by atomic mass is 9.87. The molecule has 2 aliphatic heterocycles. The molecule has 0 amide bonds. The predicted octanol–water partition coefficient (Wildman–Crippen LogP) is 1.98. The van der Waals surface area contributed by atoms with E-state index < -0.39 is 5.47 Å². The van der Waals surface area contributed by atoms with E-state index in [0.29, 0.717) is 12.5 Å². The molecule has 6 heteroatoms. The highest BCUT2D eigenvalue weighted by molar-refractivity contribution is 8.69. The van der Waals surface area contributed by atoms with Crippen LogP contribution in [0.4, 0.5) is 0 Å². The van der Waals surface area contributed by atoms with Crippen molar-refractivity contribution in [3.8, 4) is 0 Å². The van der Waals surface area contributed by atoms with Gasteiger partial charge < -0.3 is 9.26 Å². The molecule has 0 bridgehead atoms. The summed E-state index contributed by atoms with van der Waals surface area (Å²) in [4.78, 5) is 0. The Hall–Kier alpha value is 0.985. The maximum absolute atomic E-state index is 5.80. The maximum atomic E-state index is 5.80. The Bertz CT molecular complexity index is 275. The Morgan fingerprint density at radius 2 is 2.36 bits per heavy atom. The second-order valence-electron chi connectivity index (χ2n) is 4.18. The van der Waals surface area contributed by atoms with Gasteiger partial charge >= 0.3 is 0 Å². The normalized spacial score (nSPS) is 53.9. The van der Waals surface area contributed by atoms with Crippen LogP contribution in [-0.2, 0) is 21.1 Å². The first kappa shape index (κ1) is 11.5. The number of rotatable bonds is 0. The van der Waals surface area contributed by atoms with E-state index in [9.17, 15) is 0 Å². The molecule has 2 saturated heterocycles. The Balaban J connectivity index is 2.09. The first-order valence-electron chi connectivity index (χ1n) is 4.74. The lowest BCUT2D eigenvalue weighted by Crippen LogP contribution is -2.44. The van der Waals surface area contributed by atoms with E-state index in [0.717, 1.165) is 12.2 Å². The average Bonchev–Trinajstić information content (AvgIpc) is 2.35. The molecule has 0 aromatic heterocycles. The summed E-state index contributed by atoms with van der Waals surface area (Å²) in [5.74, 6) is 1.41. The molecule has 0 aromatic rings. The van der Waals surface area contributed by atoms with Crippen LogP contribution in [0, 0.1) is 5.92 Å². The molecule has 2 heterocycles. The fraction of sp³-hybridized carbons (Fsp3) is 1.00. The van der Waals surface area contributed by atoms with Crippen LogP contribution in [0.1, 0.15) is 13.3 Å². The van der Waals surface area contributed by atoms with Gasteiger partial charge in [0.1, 0.15) is 18.9 Å². The standard InChI is InChI=1S/C8H14BO2PS2/c1-6-3-7(9)11-8(6)4-10-12(2,13)14-5-8/h6-7H,3-5H2,1-2H3/t6?,7-,8-,12?/m1/s1. The van der Waals surface area contributed by atoms with Gasteiger partial charge in [-0.2, -0.15) is 0 Å². The molecule has 14 heavy (non-hydrogen) atoms. The van der Waals surface area contributed by atoms with Crippen molar-refractivity contribution in [2.75, 3.05) is 19.0 Å². The van der Waals surface area contributed by atoms with E-state index in [-0.39, 0.29) is 11.6 Å². The number of ether oxygens (including phenoxy) is 1. The molecule has 2 fully saturated rings. The van der Waals surface area contributed by atoms with Gasteiger partial charge in [0.05, 0.1) is 6.61 Å². The maximum Gasteiger partial charge on any atom is 0.116 e. The first-order chi connectivity index (χ1) is 6.44. The molecule has 1 spiro atoms. The minimum Gasteiger partial charge on any atom is -0.378 e. The number of hydrogen-bond donors (Lipinski definition) is 0. The van der Waals surface area contributed by atoms with Crippen LogP contribution < -0.4 is 0 Å². The average molecular weight is 248 g/mol. The Morgan fingerprint density at radius 1 is 1.64 bits per heavy atom. The highest BCUT2D eigenvalue weighted by atomic mass is 32.9. The van der Waals surface area contributed by atoms with Gasteiger partial charge in [0.15, 0.2) is 0 Å². The lowest BCUT2D eigenvalue weighted by molar-refractivity contribution is -0.0426. The summed E-state index contributed by atoms with van der Waals surface area (Å²) in [6, 6.07) is -0.123. The molecule has 2 rings (SSSR count). The van der Waals surface area contributed by atoms with Crippen molar-refractivity contribution >= 4 is 36.5 Å². The summed E-state index contributed by atoms with van der Waals surface area (Å²) in [6.07, 6.45) is 0.927. The first-order valence-corrected chi connectivity index (χ1v) is 9.49. The highest BCUT2D eigenvalue weighted by Gasteiger charge is 2.48. The summed E-state index contributed by atoms with van der Waals surface area (Å²) in [7, 11) is 5.79. The van der Waals surface area contributed by atoms with Crippen molar-refractivity contribution in [3.63, 3.8) is 0 Å². The molecule has 0 aliphatic carbocycles. The van der Waals surface area contributed by atoms with Crippen molar-refractivity contribution in [3.05, 3.63) is 0 Å². The summed E-state index contributed by atoms with van der Waals surface area (Å²) < 4.78 is 11.5. The lowest BCUT2D eigenvalue weighted by Gasteiger charge is -2.39. The molecule has 2 radical (unpaired) electrons. The van der Waals surface area contributed by atoms with E-state index in [1.165, 1.54) is 0 Å². The summed E-state index contributed by atoms with van der Waals surface area (Å²) >= 11 is 7.09. The van der Waals surface area contributed by atoms with Crippen molar-refractivity contribution in [2.45, 2.75) is 24.9 Å². The third-order valence-corrected chi connectivity index (χ3v) is 8.02. The smallest absolute Gasteiger partial charge is 0.116 e. The van der Waals surface area contributed by atoms with Crippen molar-refractivity contribution in [1.82, 2.24) is 0 Å². The van der Waals surface area contributed by atoms with Crippen molar-refractivity contribution in [1.29, 1.82) is 0 Å². The zero-order valence-electron chi connectivity index (χ0n) is 8.43. The van der Waals surface area contributed by atoms with Gasteiger partial charge in [0.25, 0.3) is 0 Å². The van der Waals surface area contributed by atoms with Crippen LogP contribution in [0.25, 0.3) is 0 Å². The molecular formula is C8H14BO2PS2. The van der Waals surface area contributed by atoms with Crippen LogP contribution in [-0.4, -0.2) is 38.5 Å². The molecular weight excluding hydrogens is 234 g/mol. The molecule has 4 atom stereocenters. The van der Waals surface area contributed by atoms with Crippen LogP contribution in [0.5, 0.6) is 0 Å². The second kappa shape index (κ2) is 3.78. The van der Waals surface area contributed by atoms with Crippen LogP contribution in [0.2, 0.25) is 0 Å². The van der Waals surface area contributed by atoms with E-state index >= 15 is 0 Å². The van der Waals surface area contributed by atoms with Crippen LogP contribution in [0.15, 0.2) is 0 Å². The van der Waals surface area contributed by atoms with Crippen LogP contribution in [0.3, 0.4) is 0 Å². The third-order valence-electron chi connectivity index (χ3n) is 2.96. The Kier molecular flexibility index (Phi) is 3.09. The molecule has 0 saturated carbocycles. The quantitative estimate of drug-likeness (QED) is 0.481. The Labute approximate surface area is 95.7 Å². The fourth-order valence-corrected chi connectivity index (χ4v) is 5.70. The molecule has 0 N–H and O–H groups in total. The summed E-state index contributed by atoms with van der Waals surface area (Å²) in [6.45, 7) is 4.84. The van der Waals surface area contributed by atoms with Gasteiger partial charge in [0, 0.05) is 11.8 Å². The minimum atomic E-state index is -1.58.